The summed E-state index contributed by atoms with van der Waals surface area (Å²) in [7, 11) is 0.909. The Morgan fingerprint density at radius 2 is 2.04 bits per heavy atom. The smallest absolute Gasteiger partial charge is 0.433 e. The molecule has 0 bridgehead atoms. The Balaban J connectivity index is 2.52. The zero-order valence-electron chi connectivity index (χ0n) is 15.0. The number of nitrogens with one attached hydrogen (secondary N) is 1. The molecule has 0 aliphatic carbocycles. The first-order chi connectivity index (χ1) is 13.0. The Kier molecular flexibility index (Phi) is 6.33. The largest absolute Gasteiger partial charge is 0.464 e. The number of alkyl halides is 3. The van der Waals surface area contributed by atoms with Crippen LogP contribution in [0.3, 0.4) is 0 Å². The molecule has 0 aliphatic rings. The van der Waals surface area contributed by atoms with Crippen molar-refractivity contribution in [1.29, 1.82) is 0 Å². The maximum absolute atomic E-state index is 14.4. The molecule has 0 spiro atoms. The number of halogens is 5. The lowest BCUT2D eigenvalue weighted by Gasteiger charge is -2.17. The number of rotatable bonds is 5. The number of nitrogens with zero attached hydrogens (tertiary/aromatic N) is 2. The van der Waals surface area contributed by atoms with E-state index >= 15 is 0 Å². The predicted molar refractivity (Wildman–Crippen MR) is 94.6 cm³/mol. The zero-order chi connectivity index (χ0) is 21.2. The van der Waals surface area contributed by atoms with Crippen molar-refractivity contribution in [3.63, 3.8) is 0 Å². The average molecular weight is 422 g/mol. The monoisotopic (exact) mass is 421 g/mol. The van der Waals surface area contributed by atoms with Gasteiger partial charge in [0.1, 0.15) is 23.2 Å². The van der Waals surface area contributed by atoms with Crippen LogP contribution in [0.2, 0.25) is 5.02 Å². The molecule has 0 saturated heterocycles. The van der Waals surface area contributed by atoms with Crippen molar-refractivity contribution >= 4 is 23.3 Å². The number of benzene rings is 1. The van der Waals surface area contributed by atoms with Crippen LogP contribution < -0.4 is 10.9 Å². The van der Waals surface area contributed by atoms with Gasteiger partial charge in [-0.1, -0.05) is 11.6 Å². The van der Waals surface area contributed by atoms with E-state index in [4.69, 9.17) is 16.3 Å². The standard InChI is InChI=1S/C17H16ClF4N3O3/c1-4-28-16(27)8(2)24-12-5-9(11(19)6-10(12)18)14-15(26)25(3)13(7-23-14)17(20,21)22/h5-8,24H,4H2,1-3H3. The van der Waals surface area contributed by atoms with Gasteiger partial charge in [0, 0.05) is 12.6 Å². The van der Waals surface area contributed by atoms with Gasteiger partial charge in [-0.3, -0.25) is 4.79 Å². The summed E-state index contributed by atoms with van der Waals surface area (Å²) in [4.78, 5) is 27.5. The minimum Gasteiger partial charge on any atom is -0.464 e. The molecule has 1 atom stereocenters. The Morgan fingerprint density at radius 1 is 1.39 bits per heavy atom. The van der Waals surface area contributed by atoms with E-state index in [0.29, 0.717) is 10.8 Å². The SMILES string of the molecule is CCOC(=O)C(C)Nc1cc(-c2ncc(C(F)(F)F)n(C)c2=O)c(F)cc1Cl. The summed E-state index contributed by atoms with van der Waals surface area (Å²) in [5, 5.41) is 2.62. The van der Waals surface area contributed by atoms with Crippen LogP contribution in [0.1, 0.15) is 19.5 Å². The molecular weight excluding hydrogens is 406 g/mol. The number of hydrogen-bond donors (Lipinski definition) is 1. The van der Waals surface area contributed by atoms with Gasteiger partial charge in [0.05, 0.1) is 23.5 Å². The number of carbonyl (C=O) groups is 1. The van der Waals surface area contributed by atoms with Crippen molar-refractivity contribution in [2.75, 3.05) is 11.9 Å². The van der Waals surface area contributed by atoms with Crippen molar-refractivity contribution in [1.82, 2.24) is 9.55 Å². The van der Waals surface area contributed by atoms with E-state index in [1.165, 1.54) is 6.92 Å². The van der Waals surface area contributed by atoms with Crippen molar-refractivity contribution in [3.05, 3.63) is 45.2 Å². The van der Waals surface area contributed by atoms with Gasteiger partial charge >= 0.3 is 12.1 Å². The molecule has 152 valence electrons. The van der Waals surface area contributed by atoms with Crippen molar-refractivity contribution in [3.8, 4) is 11.3 Å². The molecule has 1 heterocycles. The molecule has 1 N–H and O–H groups in total. The highest BCUT2D eigenvalue weighted by Crippen LogP contribution is 2.32. The van der Waals surface area contributed by atoms with Gasteiger partial charge in [0.15, 0.2) is 0 Å². The van der Waals surface area contributed by atoms with Gasteiger partial charge in [0.25, 0.3) is 5.56 Å². The normalized spacial score (nSPS) is 12.6. The number of anilines is 1. The van der Waals surface area contributed by atoms with E-state index in [1.54, 1.807) is 6.92 Å². The first-order valence-electron chi connectivity index (χ1n) is 8.03. The van der Waals surface area contributed by atoms with Gasteiger partial charge in [-0.25, -0.2) is 14.2 Å². The van der Waals surface area contributed by atoms with Crippen LogP contribution in [0.15, 0.2) is 23.1 Å². The summed E-state index contributed by atoms with van der Waals surface area (Å²) in [6.07, 6.45) is -4.35. The quantitative estimate of drug-likeness (QED) is 0.589. The lowest BCUT2D eigenvalue weighted by Crippen LogP contribution is -2.29. The van der Waals surface area contributed by atoms with Crippen molar-refractivity contribution in [2.45, 2.75) is 26.1 Å². The predicted octanol–water partition coefficient (Wildman–Crippen LogP) is 3.62. The van der Waals surface area contributed by atoms with Crippen LogP contribution in [-0.2, 0) is 22.8 Å². The lowest BCUT2D eigenvalue weighted by molar-refractivity contribution is -0.144. The number of esters is 1. The summed E-state index contributed by atoms with van der Waals surface area (Å²) in [5.74, 6) is -1.54. The highest BCUT2D eigenvalue weighted by atomic mass is 35.5. The molecule has 1 aromatic carbocycles. The summed E-state index contributed by atoms with van der Waals surface area (Å²) < 4.78 is 58.2. The van der Waals surface area contributed by atoms with Crippen molar-refractivity contribution in [2.24, 2.45) is 7.05 Å². The second kappa shape index (κ2) is 8.17. The number of carbonyl (C=O) groups excluding carboxylic acids is 1. The molecule has 1 unspecified atom stereocenters. The molecule has 0 amide bonds. The summed E-state index contributed by atoms with van der Waals surface area (Å²) >= 11 is 5.96. The fourth-order valence-corrected chi connectivity index (χ4v) is 2.59. The van der Waals surface area contributed by atoms with Gasteiger partial charge in [0.2, 0.25) is 0 Å². The van der Waals surface area contributed by atoms with Crippen LogP contribution in [-0.4, -0.2) is 28.2 Å². The number of hydrogen-bond acceptors (Lipinski definition) is 5. The van der Waals surface area contributed by atoms with Crippen LogP contribution >= 0.6 is 11.6 Å². The minimum absolute atomic E-state index is 0.0855. The third kappa shape index (κ3) is 4.44. The van der Waals surface area contributed by atoms with Crippen LogP contribution in [0.5, 0.6) is 0 Å². The van der Waals surface area contributed by atoms with Gasteiger partial charge in [-0.15, -0.1) is 0 Å². The fraction of sp³-hybridized carbons (Fsp3) is 0.353. The fourth-order valence-electron chi connectivity index (χ4n) is 2.38. The molecule has 0 saturated carbocycles. The molecule has 0 aliphatic heterocycles. The second-order valence-corrected chi connectivity index (χ2v) is 6.19. The summed E-state index contributed by atoms with van der Waals surface area (Å²) in [6.45, 7) is 3.26. The van der Waals surface area contributed by atoms with Crippen LogP contribution in [0.25, 0.3) is 11.3 Å². The molecule has 0 fully saturated rings. The van der Waals surface area contributed by atoms with Gasteiger partial charge < -0.3 is 14.6 Å². The van der Waals surface area contributed by atoms with E-state index in [1.807, 2.05) is 0 Å². The molecule has 11 heteroatoms. The lowest BCUT2D eigenvalue weighted by atomic mass is 10.1. The molecule has 0 radical (unpaired) electrons. The third-order valence-electron chi connectivity index (χ3n) is 3.80. The van der Waals surface area contributed by atoms with Crippen LogP contribution in [0.4, 0.5) is 23.2 Å². The van der Waals surface area contributed by atoms with Crippen molar-refractivity contribution < 1.29 is 27.1 Å². The van der Waals surface area contributed by atoms with E-state index in [0.717, 1.165) is 19.2 Å². The van der Waals surface area contributed by atoms with E-state index < -0.39 is 41.0 Å². The Morgan fingerprint density at radius 3 is 2.61 bits per heavy atom. The Bertz CT molecular complexity index is 960. The summed E-state index contributed by atoms with van der Waals surface area (Å²) in [6, 6.07) is 1.12. The number of aromatic nitrogens is 2. The molecule has 6 nitrogen and oxygen atoms in total. The first-order valence-corrected chi connectivity index (χ1v) is 8.41. The zero-order valence-corrected chi connectivity index (χ0v) is 15.8. The third-order valence-corrected chi connectivity index (χ3v) is 4.11. The molecule has 2 rings (SSSR count). The molecule has 28 heavy (non-hydrogen) atoms. The highest BCUT2D eigenvalue weighted by molar-refractivity contribution is 6.33. The topological polar surface area (TPSA) is 73.2 Å². The van der Waals surface area contributed by atoms with Crippen LogP contribution in [0, 0.1) is 5.82 Å². The maximum atomic E-state index is 14.4. The molecule has 1 aromatic heterocycles. The summed E-state index contributed by atoms with van der Waals surface area (Å²) in [5.41, 5.74) is -3.22. The van der Waals surface area contributed by atoms with E-state index in [9.17, 15) is 27.2 Å². The van der Waals surface area contributed by atoms with Gasteiger partial charge in [-0.2, -0.15) is 13.2 Å². The Hall–Kier alpha value is -2.62. The second-order valence-electron chi connectivity index (χ2n) is 5.78. The van der Waals surface area contributed by atoms with E-state index in [-0.39, 0.29) is 22.9 Å². The molecule has 2 aromatic rings. The van der Waals surface area contributed by atoms with Gasteiger partial charge in [-0.05, 0) is 26.0 Å². The Labute approximate surface area is 162 Å². The van der Waals surface area contributed by atoms with E-state index in [2.05, 4.69) is 10.3 Å². The maximum Gasteiger partial charge on any atom is 0.433 e. The minimum atomic E-state index is -4.79. The highest BCUT2D eigenvalue weighted by Gasteiger charge is 2.35. The average Bonchev–Trinajstić information content (AvgIpc) is 2.59. The number of ether oxygens (including phenoxy) is 1. The first kappa shape index (κ1) is 21.7. The molecular formula is C17H16ClF4N3O3.